The topological polar surface area (TPSA) is 75.7 Å². The zero-order valence-electron chi connectivity index (χ0n) is 18.2. The number of nitrogens with one attached hydrogen (secondary N) is 1. The van der Waals surface area contributed by atoms with E-state index in [0.717, 1.165) is 36.8 Å². The van der Waals surface area contributed by atoms with E-state index < -0.39 is 15.9 Å². The second-order valence-electron chi connectivity index (χ2n) is 8.45. The third kappa shape index (κ3) is 4.26. The van der Waals surface area contributed by atoms with Gasteiger partial charge in [-0.15, -0.1) is 0 Å². The number of amides is 1. The highest BCUT2D eigenvalue weighted by Gasteiger charge is 2.33. The summed E-state index contributed by atoms with van der Waals surface area (Å²) in [6.45, 7) is 1.07. The molecule has 2 heterocycles. The predicted octanol–water partition coefficient (Wildman–Crippen LogP) is 5.13. The Morgan fingerprint density at radius 1 is 0.818 bits per heavy atom. The molecule has 2 aliphatic rings. The fraction of sp³-hybridized carbons (Fsp3) is 0.269. The maximum Gasteiger partial charge on any atom is 0.243 e. The van der Waals surface area contributed by atoms with Crippen molar-refractivity contribution >= 4 is 21.6 Å². The van der Waals surface area contributed by atoms with Crippen LogP contribution >= 0.6 is 0 Å². The standard InChI is InChI=1S/C26H26N2O4S/c29-26(25-21-12-3-5-14-23(21)32-24-15-6-4-13-22(24)25)27-19-10-9-11-20(18-19)33(30,31)28-16-7-1-2-8-17-28/h3-6,9-15,18,25H,1-2,7-8,16-17H2,(H,27,29). The third-order valence-electron chi connectivity index (χ3n) is 6.25. The quantitative estimate of drug-likeness (QED) is 0.583. The smallest absolute Gasteiger partial charge is 0.243 e. The van der Waals surface area contributed by atoms with Crippen LogP contribution in [0.3, 0.4) is 0 Å². The molecule has 0 radical (unpaired) electrons. The summed E-state index contributed by atoms with van der Waals surface area (Å²) in [5.41, 5.74) is 2.02. The molecule has 1 fully saturated rings. The summed E-state index contributed by atoms with van der Waals surface area (Å²) in [4.78, 5) is 13.7. The summed E-state index contributed by atoms with van der Waals surface area (Å²) < 4.78 is 34.0. The van der Waals surface area contributed by atoms with Gasteiger partial charge in [0.2, 0.25) is 15.9 Å². The van der Waals surface area contributed by atoms with Crippen molar-refractivity contribution in [2.45, 2.75) is 36.5 Å². The Bertz CT molecular complexity index is 1240. The van der Waals surface area contributed by atoms with Gasteiger partial charge in [-0.05, 0) is 43.2 Å². The SMILES string of the molecule is O=C(Nc1cccc(S(=O)(=O)N2CCCCCC2)c1)C1c2ccccc2Oc2ccccc21. The third-order valence-corrected chi connectivity index (χ3v) is 8.14. The Hall–Kier alpha value is -3.16. The molecule has 7 heteroatoms. The summed E-state index contributed by atoms with van der Waals surface area (Å²) in [5.74, 6) is 0.502. The Labute approximate surface area is 194 Å². The average molecular weight is 463 g/mol. The van der Waals surface area contributed by atoms with Crippen molar-refractivity contribution in [3.8, 4) is 11.5 Å². The van der Waals surface area contributed by atoms with E-state index in [1.54, 1.807) is 28.6 Å². The van der Waals surface area contributed by atoms with Gasteiger partial charge in [-0.1, -0.05) is 55.3 Å². The molecule has 0 bridgehead atoms. The molecule has 33 heavy (non-hydrogen) atoms. The molecule has 0 aromatic heterocycles. The molecule has 0 atom stereocenters. The van der Waals surface area contributed by atoms with Crippen LogP contribution in [0, 0.1) is 0 Å². The number of anilines is 1. The van der Waals surface area contributed by atoms with Gasteiger partial charge < -0.3 is 10.1 Å². The second-order valence-corrected chi connectivity index (χ2v) is 10.4. The molecule has 0 spiro atoms. The number of rotatable bonds is 4. The first-order chi connectivity index (χ1) is 16.0. The molecule has 0 unspecified atom stereocenters. The molecule has 170 valence electrons. The maximum absolute atomic E-state index is 13.5. The van der Waals surface area contributed by atoms with Gasteiger partial charge in [-0.25, -0.2) is 8.42 Å². The summed E-state index contributed by atoms with van der Waals surface area (Å²) in [5, 5.41) is 2.94. The van der Waals surface area contributed by atoms with Crippen molar-refractivity contribution in [3.63, 3.8) is 0 Å². The minimum absolute atomic E-state index is 0.204. The number of ether oxygens (including phenoxy) is 1. The van der Waals surface area contributed by atoms with Crippen molar-refractivity contribution in [2.75, 3.05) is 18.4 Å². The number of nitrogens with zero attached hydrogens (tertiary/aromatic N) is 1. The van der Waals surface area contributed by atoms with Crippen molar-refractivity contribution in [1.82, 2.24) is 4.31 Å². The van der Waals surface area contributed by atoms with Crippen LogP contribution in [0.25, 0.3) is 0 Å². The van der Waals surface area contributed by atoms with Gasteiger partial charge in [0.15, 0.2) is 0 Å². The van der Waals surface area contributed by atoms with E-state index in [0.29, 0.717) is 30.3 Å². The highest BCUT2D eigenvalue weighted by Crippen LogP contribution is 2.44. The number of hydrogen-bond donors (Lipinski definition) is 1. The normalized spacial score (nSPS) is 16.7. The van der Waals surface area contributed by atoms with Gasteiger partial charge in [0.05, 0.1) is 10.8 Å². The number of hydrogen-bond acceptors (Lipinski definition) is 4. The van der Waals surface area contributed by atoms with Gasteiger partial charge in [-0.3, -0.25) is 4.79 Å². The van der Waals surface area contributed by atoms with Crippen LogP contribution in [0.4, 0.5) is 5.69 Å². The van der Waals surface area contributed by atoms with Crippen LogP contribution in [0.15, 0.2) is 77.7 Å². The fourth-order valence-electron chi connectivity index (χ4n) is 4.57. The molecule has 3 aromatic carbocycles. The van der Waals surface area contributed by atoms with Gasteiger partial charge in [0.1, 0.15) is 11.5 Å². The van der Waals surface area contributed by atoms with E-state index in [1.807, 2.05) is 48.5 Å². The molecule has 2 aliphatic heterocycles. The Morgan fingerprint density at radius 2 is 1.42 bits per heavy atom. The molecular formula is C26H26N2O4S. The first-order valence-electron chi connectivity index (χ1n) is 11.3. The lowest BCUT2D eigenvalue weighted by Crippen LogP contribution is -2.32. The second kappa shape index (κ2) is 9.00. The van der Waals surface area contributed by atoms with Gasteiger partial charge >= 0.3 is 0 Å². The molecule has 1 amide bonds. The minimum Gasteiger partial charge on any atom is -0.457 e. The van der Waals surface area contributed by atoms with E-state index in [-0.39, 0.29) is 10.8 Å². The molecule has 1 N–H and O–H groups in total. The number of para-hydroxylation sites is 2. The van der Waals surface area contributed by atoms with Crippen molar-refractivity contribution in [2.24, 2.45) is 0 Å². The van der Waals surface area contributed by atoms with Crippen molar-refractivity contribution < 1.29 is 17.9 Å². The van der Waals surface area contributed by atoms with Crippen LogP contribution in [-0.4, -0.2) is 31.7 Å². The fourth-order valence-corrected chi connectivity index (χ4v) is 6.14. The first kappa shape index (κ1) is 21.7. The zero-order valence-corrected chi connectivity index (χ0v) is 19.1. The van der Waals surface area contributed by atoms with E-state index in [4.69, 9.17) is 4.74 Å². The number of carbonyl (C=O) groups excluding carboxylic acids is 1. The lowest BCUT2D eigenvalue weighted by atomic mass is 9.87. The van der Waals surface area contributed by atoms with Crippen molar-refractivity contribution in [1.29, 1.82) is 0 Å². The summed E-state index contributed by atoms with van der Waals surface area (Å²) >= 11 is 0. The number of sulfonamides is 1. The summed E-state index contributed by atoms with van der Waals surface area (Å²) in [7, 11) is -3.60. The largest absolute Gasteiger partial charge is 0.457 e. The molecule has 0 aliphatic carbocycles. The molecule has 6 nitrogen and oxygen atoms in total. The highest BCUT2D eigenvalue weighted by molar-refractivity contribution is 7.89. The summed E-state index contributed by atoms with van der Waals surface area (Å²) in [6.07, 6.45) is 3.85. The molecule has 5 rings (SSSR count). The lowest BCUT2D eigenvalue weighted by Gasteiger charge is -2.27. The van der Waals surface area contributed by atoms with Crippen LogP contribution in [0.5, 0.6) is 11.5 Å². The Kier molecular flexibility index (Phi) is 5.91. The Balaban J connectivity index is 1.44. The minimum atomic E-state index is -3.60. The van der Waals surface area contributed by atoms with Crippen LogP contribution < -0.4 is 10.1 Å². The predicted molar refractivity (Wildman–Crippen MR) is 127 cm³/mol. The molecule has 1 saturated heterocycles. The monoisotopic (exact) mass is 462 g/mol. The first-order valence-corrected chi connectivity index (χ1v) is 12.7. The van der Waals surface area contributed by atoms with Gasteiger partial charge in [0, 0.05) is 29.9 Å². The van der Waals surface area contributed by atoms with E-state index in [2.05, 4.69) is 5.32 Å². The van der Waals surface area contributed by atoms with Gasteiger partial charge in [0.25, 0.3) is 0 Å². The van der Waals surface area contributed by atoms with E-state index in [9.17, 15) is 13.2 Å². The van der Waals surface area contributed by atoms with E-state index >= 15 is 0 Å². The molecule has 0 saturated carbocycles. The number of carbonyl (C=O) groups is 1. The molecule has 3 aromatic rings. The van der Waals surface area contributed by atoms with Crippen LogP contribution in [0.2, 0.25) is 0 Å². The Morgan fingerprint density at radius 3 is 2.06 bits per heavy atom. The van der Waals surface area contributed by atoms with Crippen LogP contribution in [-0.2, 0) is 14.8 Å². The van der Waals surface area contributed by atoms with Gasteiger partial charge in [-0.2, -0.15) is 4.31 Å². The number of benzene rings is 3. The zero-order chi connectivity index (χ0) is 22.8. The van der Waals surface area contributed by atoms with Crippen LogP contribution in [0.1, 0.15) is 42.7 Å². The number of fused-ring (bicyclic) bond motifs is 2. The summed E-state index contributed by atoms with van der Waals surface area (Å²) in [6, 6.07) is 21.5. The highest BCUT2D eigenvalue weighted by atomic mass is 32.2. The molecular weight excluding hydrogens is 436 g/mol. The maximum atomic E-state index is 13.5. The average Bonchev–Trinajstić information content (AvgIpc) is 3.13. The van der Waals surface area contributed by atoms with Crippen molar-refractivity contribution in [3.05, 3.63) is 83.9 Å². The van der Waals surface area contributed by atoms with E-state index in [1.165, 1.54) is 0 Å². The lowest BCUT2D eigenvalue weighted by molar-refractivity contribution is -0.116.